The molecule has 7 nitrogen and oxygen atoms in total. The lowest BCUT2D eigenvalue weighted by atomic mass is 9.64. The number of carbonyl (C=O) groups excluding carboxylic acids is 3. The van der Waals surface area contributed by atoms with Crippen LogP contribution in [0.5, 0.6) is 5.75 Å². The Morgan fingerprint density at radius 3 is 2.52 bits per heavy atom. The van der Waals surface area contributed by atoms with Crippen LogP contribution in [-0.2, 0) is 9.59 Å². The third-order valence-corrected chi connectivity index (χ3v) is 5.30. The van der Waals surface area contributed by atoms with E-state index in [1.165, 1.54) is 0 Å². The predicted octanol–water partition coefficient (Wildman–Crippen LogP) is 2.77. The second kappa shape index (κ2) is 6.87. The van der Waals surface area contributed by atoms with Gasteiger partial charge in [-0.3, -0.25) is 14.5 Å². The maximum absolute atomic E-state index is 13.0. The van der Waals surface area contributed by atoms with Crippen molar-refractivity contribution in [3.63, 3.8) is 0 Å². The van der Waals surface area contributed by atoms with Crippen LogP contribution in [0.3, 0.4) is 0 Å². The highest BCUT2D eigenvalue weighted by Crippen LogP contribution is 2.46. The molecular formula is C20H27N3O4. The van der Waals surface area contributed by atoms with Gasteiger partial charge in [-0.2, -0.15) is 0 Å². The largest absolute Gasteiger partial charge is 0.497 e. The molecule has 2 fully saturated rings. The fourth-order valence-corrected chi connectivity index (χ4v) is 4.67. The first-order valence-electron chi connectivity index (χ1n) is 9.22. The van der Waals surface area contributed by atoms with E-state index in [1.54, 1.807) is 31.4 Å². The van der Waals surface area contributed by atoms with Crippen LogP contribution in [0, 0.1) is 11.3 Å². The molecule has 2 atom stereocenters. The van der Waals surface area contributed by atoms with E-state index in [9.17, 15) is 14.4 Å². The minimum absolute atomic E-state index is 0.0397. The van der Waals surface area contributed by atoms with Crippen molar-refractivity contribution in [2.75, 3.05) is 19.0 Å². The lowest BCUT2D eigenvalue weighted by Gasteiger charge is -2.43. The highest BCUT2D eigenvalue weighted by Gasteiger charge is 2.56. The van der Waals surface area contributed by atoms with E-state index in [-0.39, 0.29) is 17.9 Å². The molecule has 1 heterocycles. The summed E-state index contributed by atoms with van der Waals surface area (Å²) < 4.78 is 5.08. The monoisotopic (exact) mass is 373 g/mol. The van der Waals surface area contributed by atoms with Crippen LogP contribution in [0.2, 0.25) is 0 Å². The molecule has 4 amide bonds. The van der Waals surface area contributed by atoms with Crippen LogP contribution >= 0.6 is 0 Å². The first-order chi connectivity index (χ1) is 12.6. The summed E-state index contributed by atoms with van der Waals surface area (Å²) >= 11 is 0. The Hall–Kier alpha value is -2.57. The minimum atomic E-state index is -0.890. The van der Waals surface area contributed by atoms with E-state index in [0.717, 1.165) is 11.3 Å². The Balaban J connectivity index is 1.69. The van der Waals surface area contributed by atoms with Gasteiger partial charge < -0.3 is 15.4 Å². The first-order valence-corrected chi connectivity index (χ1v) is 9.22. The molecule has 0 unspecified atom stereocenters. The zero-order chi connectivity index (χ0) is 19.8. The van der Waals surface area contributed by atoms with Gasteiger partial charge in [0, 0.05) is 5.69 Å². The number of ether oxygens (including phenoxy) is 1. The summed E-state index contributed by atoms with van der Waals surface area (Å²) in [5.74, 6) is 0.296. The van der Waals surface area contributed by atoms with Crippen molar-refractivity contribution in [2.45, 2.75) is 45.6 Å². The van der Waals surface area contributed by atoms with E-state index < -0.39 is 17.5 Å². The molecule has 1 aromatic carbocycles. The normalized spacial score (nSPS) is 26.8. The number of hydrogen-bond donors (Lipinski definition) is 2. The SMILES string of the molecule is COc1ccc(NC(=O)CN2C(=O)N[C@]3(C[C@H](C)CC(C)(C)C3)C2=O)cc1. The highest BCUT2D eigenvalue weighted by atomic mass is 16.5. The Morgan fingerprint density at radius 2 is 1.93 bits per heavy atom. The van der Waals surface area contributed by atoms with Crippen molar-refractivity contribution in [3.05, 3.63) is 24.3 Å². The Labute approximate surface area is 159 Å². The van der Waals surface area contributed by atoms with Gasteiger partial charge in [0.15, 0.2) is 0 Å². The van der Waals surface area contributed by atoms with Crippen molar-refractivity contribution in [3.8, 4) is 5.75 Å². The number of nitrogens with one attached hydrogen (secondary N) is 2. The van der Waals surface area contributed by atoms with Crippen molar-refractivity contribution >= 4 is 23.5 Å². The molecule has 3 rings (SSSR count). The molecule has 1 saturated heterocycles. The third-order valence-electron chi connectivity index (χ3n) is 5.30. The highest BCUT2D eigenvalue weighted by molar-refractivity contribution is 6.10. The second-order valence-corrected chi connectivity index (χ2v) is 8.53. The topological polar surface area (TPSA) is 87.7 Å². The number of hydrogen-bond acceptors (Lipinski definition) is 4. The van der Waals surface area contributed by atoms with E-state index in [4.69, 9.17) is 4.74 Å². The molecule has 0 aromatic heterocycles. The smallest absolute Gasteiger partial charge is 0.325 e. The number of benzene rings is 1. The molecular weight excluding hydrogens is 346 g/mol. The summed E-state index contributed by atoms with van der Waals surface area (Å²) in [7, 11) is 1.56. The van der Waals surface area contributed by atoms with Crippen molar-refractivity contribution < 1.29 is 19.1 Å². The van der Waals surface area contributed by atoms with E-state index in [0.29, 0.717) is 30.2 Å². The zero-order valence-corrected chi connectivity index (χ0v) is 16.3. The number of methoxy groups -OCH3 is 1. The van der Waals surface area contributed by atoms with Gasteiger partial charge in [-0.25, -0.2) is 4.79 Å². The van der Waals surface area contributed by atoms with Crippen molar-refractivity contribution in [2.24, 2.45) is 11.3 Å². The number of imide groups is 1. The third kappa shape index (κ3) is 3.91. The quantitative estimate of drug-likeness (QED) is 0.795. The summed E-state index contributed by atoms with van der Waals surface area (Å²) in [5, 5.41) is 5.59. The molecule has 1 aliphatic heterocycles. The van der Waals surface area contributed by atoms with Gasteiger partial charge in [-0.1, -0.05) is 20.8 Å². The minimum Gasteiger partial charge on any atom is -0.497 e. The van der Waals surface area contributed by atoms with Gasteiger partial charge >= 0.3 is 6.03 Å². The predicted molar refractivity (Wildman–Crippen MR) is 101 cm³/mol. The van der Waals surface area contributed by atoms with Crippen molar-refractivity contribution in [1.82, 2.24) is 10.2 Å². The number of rotatable bonds is 4. The molecule has 2 N–H and O–H groups in total. The van der Waals surface area contributed by atoms with Crippen LogP contribution in [0.4, 0.5) is 10.5 Å². The Bertz CT molecular complexity index is 759. The number of carbonyl (C=O) groups is 3. The van der Waals surface area contributed by atoms with Crippen LogP contribution < -0.4 is 15.4 Å². The zero-order valence-electron chi connectivity index (χ0n) is 16.3. The number of nitrogens with zero attached hydrogens (tertiary/aromatic N) is 1. The average Bonchev–Trinajstić information content (AvgIpc) is 2.77. The second-order valence-electron chi connectivity index (χ2n) is 8.53. The molecule has 0 radical (unpaired) electrons. The molecule has 1 saturated carbocycles. The van der Waals surface area contributed by atoms with Crippen LogP contribution in [-0.4, -0.2) is 41.9 Å². The Kier molecular flexibility index (Phi) is 4.88. The molecule has 1 spiro atoms. The van der Waals surface area contributed by atoms with Crippen molar-refractivity contribution in [1.29, 1.82) is 0 Å². The number of urea groups is 1. The maximum atomic E-state index is 13.0. The molecule has 1 aliphatic carbocycles. The molecule has 27 heavy (non-hydrogen) atoms. The lowest BCUT2D eigenvalue weighted by Crippen LogP contribution is -2.54. The van der Waals surface area contributed by atoms with Gasteiger partial charge in [-0.05, 0) is 54.9 Å². The molecule has 146 valence electrons. The molecule has 7 heteroatoms. The summed E-state index contributed by atoms with van der Waals surface area (Å²) in [5.41, 5.74) is -0.351. The molecule has 1 aromatic rings. The fourth-order valence-electron chi connectivity index (χ4n) is 4.67. The maximum Gasteiger partial charge on any atom is 0.325 e. The van der Waals surface area contributed by atoms with E-state index in [1.807, 2.05) is 0 Å². The first kappa shape index (κ1) is 19.2. The lowest BCUT2D eigenvalue weighted by molar-refractivity contribution is -0.136. The summed E-state index contributed by atoms with van der Waals surface area (Å²) in [6.07, 6.45) is 2.21. The van der Waals surface area contributed by atoms with E-state index >= 15 is 0 Å². The van der Waals surface area contributed by atoms with Gasteiger partial charge in [0.05, 0.1) is 7.11 Å². The van der Waals surface area contributed by atoms with Gasteiger partial charge in [0.25, 0.3) is 5.91 Å². The number of amides is 4. The van der Waals surface area contributed by atoms with E-state index in [2.05, 4.69) is 31.4 Å². The molecule has 2 aliphatic rings. The number of anilines is 1. The summed E-state index contributed by atoms with van der Waals surface area (Å²) in [6.45, 7) is 6.03. The summed E-state index contributed by atoms with van der Waals surface area (Å²) in [6, 6.07) is 6.37. The van der Waals surface area contributed by atoms with Gasteiger partial charge in [0.1, 0.15) is 17.8 Å². The van der Waals surface area contributed by atoms with Crippen LogP contribution in [0.1, 0.15) is 40.0 Å². The average molecular weight is 373 g/mol. The Morgan fingerprint density at radius 1 is 1.26 bits per heavy atom. The van der Waals surface area contributed by atoms with Gasteiger partial charge in [-0.15, -0.1) is 0 Å². The van der Waals surface area contributed by atoms with Crippen LogP contribution in [0.15, 0.2) is 24.3 Å². The van der Waals surface area contributed by atoms with Crippen LogP contribution in [0.25, 0.3) is 0 Å². The van der Waals surface area contributed by atoms with Gasteiger partial charge in [0.2, 0.25) is 5.91 Å². The molecule has 0 bridgehead atoms. The summed E-state index contributed by atoms with van der Waals surface area (Å²) in [4.78, 5) is 38.9. The fraction of sp³-hybridized carbons (Fsp3) is 0.550. The standard InChI is InChI=1S/C20H27N3O4/c1-13-9-19(2,3)12-20(10-13)17(25)23(18(26)22-20)11-16(24)21-14-5-7-15(27-4)8-6-14/h5-8,13H,9-12H2,1-4H3,(H,21,24)(H,22,26)/t13-,20+/m1/s1.